The Bertz CT molecular complexity index is 476. The number of aliphatic carboxylic acids is 1. The summed E-state index contributed by atoms with van der Waals surface area (Å²) in [6, 6.07) is 0.106. The van der Waals surface area contributed by atoms with E-state index in [9.17, 15) is 9.59 Å². The summed E-state index contributed by atoms with van der Waals surface area (Å²) < 4.78 is 9.97. The van der Waals surface area contributed by atoms with Gasteiger partial charge in [0.25, 0.3) is 0 Å². The van der Waals surface area contributed by atoms with Crippen molar-refractivity contribution in [1.29, 1.82) is 0 Å². The Morgan fingerprint density at radius 2 is 1.95 bits per heavy atom. The van der Waals surface area contributed by atoms with Crippen LogP contribution in [-0.4, -0.2) is 57.4 Å². The average Bonchev–Trinajstić information content (AvgIpc) is 2.43. The van der Waals surface area contributed by atoms with E-state index in [1.54, 1.807) is 0 Å². The lowest BCUT2D eigenvalue weighted by atomic mass is 10.3. The molecular formula is C12H17N3O6. The molecule has 3 N–H and O–H groups in total. The van der Waals surface area contributed by atoms with Crippen LogP contribution in [0.4, 0.5) is 0 Å². The van der Waals surface area contributed by atoms with Crippen molar-refractivity contribution >= 4 is 11.9 Å². The van der Waals surface area contributed by atoms with E-state index >= 15 is 0 Å². The van der Waals surface area contributed by atoms with E-state index in [2.05, 4.69) is 15.3 Å². The summed E-state index contributed by atoms with van der Waals surface area (Å²) in [5, 5.41) is 20.6. The van der Waals surface area contributed by atoms with Crippen molar-refractivity contribution in [2.75, 3.05) is 13.2 Å². The highest BCUT2D eigenvalue weighted by atomic mass is 16.6. The normalized spacial score (nSPS) is 12.0. The highest BCUT2D eigenvalue weighted by Gasteiger charge is 2.21. The van der Waals surface area contributed by atoms with Crippen molar-refractivity contribution in [2.24, 2.45) is 0 Å². The molecule has 0 aromatic carbocycles. The number of carboxylic acid groups (broad SMARTS) is 1. The standard InChI is InChI=1S/C12H17N3O6/c1-7(2)13-5-9(21-11(19)10(17)18)6-20-12-14-3-8(16)4-15-12/h3-4,7,9,13,16H,5-6H2,1-2H3,(H,17,18). The largest absolute Gasteiger partial charge is 0.505 e. The van der Waals surface area contributed by atoms with E-state index in [1.807, 2.05) is 13.8 Å². The number of rotatable bonds is 7. The van der Waals surface area contributed by atoms with Gasteiger partial charge >= 0.3 is 17.9 Å². The van der Waals surface area contributed by atoms with Gasteiger partial charge in [-0.3, -0.25) is 0 Å². The Morgan fingerprint density at radius 1 is 1.33 bits per heavy atom. The van der Waals surface area contributed by atoms with Crippen molar-refractivity contribution in [1.82, 2.24) is 15.3 Å². The van der Waals surface area contributed by atoms with Gasteiger partial charge in [0.1, 0.15) is 12.7 Å². The zero-order valence-electron chi connectivity index (χ0n) is 11.6. The topological polar surface area (TPSA) is 131 Å². The van der Waals surface area contributed by atoms with Gasteiger partial charge in [-0.2, -0.15) is 9.97 Å². The van der Waals surface area contributed by atoms with Crippen LogP contribution in [0, 0.1) is 0 Å². The van der Waals surface area contributed by atoms with Crippen LogP contribution in [0.2, 0.25) is 0 Å². The first-order valence-corrected chi connectivity index (χ1v) is 6.19. The van der Waals surface area contributed by atoms with E-state index in [4.69, 9.17) is 19.7 Å². The third-order valence-electron chi connectivity index (χ3n) is 2.21. The third-order valence-corrected chi connectivity index (χ3v) is 2.21. The van der Waals surface area contributed by atoms with Crippen LogP contribution >= 0.6 is 0 Å². The van der Waals surface area contributed by atoms with Gasteiger partial charge in [0, 0.05) is 12.6 Å². The molecule has 0 aliphatic carbocycles. The second-order valence-corrected chi connectivity index (χ2v) is 4.43. The fourth-order valence-corrected chi connectivity index (χ4v) is 1.25. The molecule has 0 spiro atoms. The van der Waals surface area contributed by atoms with Crippen molar-refractivity contribution in [3.63, 3.8) is 0 Å². The quantitative estimate of drug-likeness (QED) is 0.452. The molecule has 1 rings (SSSR count). The maximum absolute atomic E-state index is 11.1. The predicted octanol–water partition coefficient (Wildman–Crippen LogP) is -0.445. The lowest BCUT2D eigenvalue weighted by molar-refractivity contribution is -0.168. The van der Waals surface area contributed by atoms with Crippen LogP contribution in [0.25, 0.3) is 0 Å². The SMILES string of the molecule is CC(C)NCC(COc1ncc(O)cn1)OC(=O)C(=O)O. The van der Waals surface area contributed by atoms with Crippen LogP contribution in [0.5, 0.6) is 11.8 Å². The molecule has 9 heteroatoms. The van der Waals surface area contributed by atoms with Crippen LogP contribution < -0.4 is 10.1 Å². The Balaban J connectivity index is 2.56. The van der Waals surface area contributed by atoms with Crippen molar-refractivity contribution in [3.8, 4) is 11.8 Å². The Kier molecular flexibility index (Phi) is 6.34. The molecule has 0 aliphatic rings. The summed E-state index contributed by atoms with van der Waals surface area (Å²) in [5.74, 6) is -3.15. The first kappa shape index (κ1) is 16.6. The lowest BCUT2D eigenvalue weighted by Gasteiger charge is -2.18. The smallest absolute Gasteiger partial charge is 0.417 e. The summed E-state index contributed by atoms with van der Waals surface area (Å²) in [7, 11) is 0. The van der Waals surface area contributed by atoms with Gasteiger partial charge in [0.15, 0.2) is 5.75 Å². The summed E-state index contributed by atoms with van der Waals surface area (Å²) in [5.41, 5.74) is 0. The molecule has 0 saturated carbocycles. The second-order valence-electron chi connectivity index (χ2n) is 4.43. The van der Waals surface area contributed by atoms with E-state index in [0.717, 1.165) is 12.4 Å². The molecule has 0 aliphatic heterocycles. The molecule has 0 fully saturated rings. The molecule has 0 saturated heterocycles. The summed E-state index contributed by atoms with van der Waals surface area (Å²) in [4.78, 5) is 29.0. The van der Waals surface area contributed by atoms with Crippen LogP contribution in [0.1, 0.15) is 13.8 Å². The monoisotopic (exact) mass is 299 g/mol. The van der Waals surface area contributed by atoms with Gasteiger partial charge in [0.05, 0.1) is 12.4 Å². The fourth-order valence-electron chi connectivity index (χ4n) is 1.25. The van der Waals surface area contributed by atoms with Gasteiger partial charge in [0.2, 0.25) is 0 Å². The van der Waals surface area contributed by atoms with E-state index in [1.165, 1.54) is 0 Å². The molecule has 9 nitrogen and oxygen atoms in total. The van der Waals surface area contributed by atoms with Crippen LogP contribution in [0.3, 0.4) is 0 Å². The zero-order valence-corrected chi connectivity index (χ0v) is 11.6. The Hall–Kier alpha value is -2.42. The number of aromatic nitrogens is 2. The molecule has 1 heterocycles. The van der Waals surface area contributed by atoms with Crippen molar-refractivity contribution < 1.29 is 29.3 Å². The van der Waals surface area contributed by atoms with Crippen molar-refractivity contribution in [2.45, 2.75) is 26.0 Å². The Morgan fingerprint density at radius 3 is 2.48 bits per heavy atom. The minimum absolute atomic E-state index is 0.0197. The third kappa shape index (κ3) is 6.52. The summed E-state index contributed by atoms with van der Waals surface area (Å²) >= 11 is 0. The van der Waals surface area contributed by atoms with Crippen LogP contribution in [-0.2, 0) is 14.3 Å². The molecule has 0 bridgehead atoms. The number of hydrogen-bond donors (Lipinski definition) is 3. The molecular weight excluding hydrogens is 282 g/mol. The Labute approximate surface area is 120 Å². The molecule has 21 heavy (non-hydrogen) atoms. The maximum Gasteiger partial charge on any atom is 0.417 e. The maximum atomic E-state index is 11.1. The molecule has 116 valence electrons. The molecule has 0 amide bonds. The lowest BCUT2D eigenvalue weighted by Crippen LogP contribution is -2.39. The first-order chi connectivity index (χ1) is 9.88. The molecule has 1 aromatic rings. The predicted molar refractivity (Wildman–Crippen MR) is 69.8 cm³/mol. The molecule has 1 atom stereocenters. The van der Waals surface area contributed by atoms with Gasteiger partial charge in [-0.1, -0.05) is 13.8 Å². The number of carbonyl (C=O) groups is 2. The van der Waals surface area contributed by atoms with Crippen molar-refractivity contribution in [3.05, 3.63) is 12.4 Å². The number of nitrogens with one attached hydrogen (secondary N) is 1. The first-order valence-electron chi connectivity index (χ1n) is 6.19. The van der Waals surface area contributed by atoms with E-state index < -0.39 is 18.0 Å². The highest BCUT2D eigenvalue weighted by Crippen LogP contribution is 2.07. The molecule has 1 aromatic heterocycles. The summed E-state index contributed by atoms with van der Waals surface area (Å²) in [6.45, 7) is 3.87. The van der Waals surface area contributed by atoms with E-state index in [-0.39, 0.29) is 31.0 Å². The minimum atomic E-state index is -1.68. The van der Waals surface area contributed by atoms with E-state index in [0.29, 0.717) is 0 Å². The number of carbonyl (C=O) groups excluding carboxylic acids is 1. The van der Waals surface area contributed by atoms with Gasteiger partial charge in [-0.15, -0.1) is 0 Å². The minimum Gasteiger partial charge on any atom is -0.505 e. The number of nitrogens with zero attached hydrogens (tertiary/aromatic N) is 2. The van der Waals surface area contributed by atoms with Gasteiger partial charge < -0.3 is 25.0 Å². The summed E-state index contributed by atoms with van der Waals surface area (Å²) in [6.07, 6.45) is 1.48. The number of esters is 1. The average molecular weight is 299 g/mol. The number of aromatic hydroxyl groups is 1. The number of ether oxygens (including phenoxy) is 2. The highest BCUT2D eigenvalue weighted by molar-refractivity contribution is 6.28. The zero-order chi connectivity index (χ0) is 15.8. The van der Waals surface area contributed by atoms with Gasteiger partial charge in [-0.25, -0.2) is 9.59 Å². The number of hydrogen-bond acceptors (Lipinski definition) is 8. The second kappa shape index (κ2) is 8.00. The molecule has 0 radical (unpaired) electrons. The number of carboxylic acids is 1. The molecule has 1 unspecified atom stereocenters. The fraction of sp³-hybridized carbons (Fsp3) is 0.500. The van der Waals surface area contributed by atoms with Crippen LogP contribution in [0.15, 0.2) is 12.4 Å². The van der Waals surface area contributed by atoms with Gasteiger partial charge in [-0.05, 0) is 0 Å².